The summed E-state index contributed by atoms with van der Waals surface area (Å²) in [6.07, 6.45) is -0.631. The van der Waals surface area contributed by atoms with Crippen molar-refractivity contribution in [3.05, 3.63) is 64.1 Å². The van der Waals surface area contributed by atoms with E-state index in [1.54, 1.807) is 13.0 Å². The Morgan fingerprint density at radius 2 is 1.88 bits per heavy atom. The van der Waals surface area contributed by atoms with Gasteiger partial charge >= 0.3 is 6.09 Å². The molecule has 2 aromatic rings. The van der Waals surface area contributed by atoms with Crippen LogP contribution in [0.25, 0.3) is 0 Å². The molecule has 0 aliphatic heterocycles. The largest absolute Gasteiger partial charge is 0.445 e. The van der Waals surface area contributed by atoms with Gasteiger partial charge in [-0.1, -0.05) is 46.3 Å². The van der Waals surface area contributed by atoms with Gasteiger partial charge in [0.1, 0.15) is 12.6 Å². The maximum absolute atomic E-state index is 12.2. The molecule has 0 saturated heterocycles. The van der Waals surface area contributed by atoms with Gasteiger partial charge in [0.25, 0.3) is 0 Å². The van der Waals surface area contributed by atoms with Gasteiger partial charge in [0, 0.05) is 10.2 Å². The number of alkyl carbamates (subject to hydrolysis) is 1. The van der Waals surface area contributed by atoms with Crippen LogP contribution in [0.4, 0.5) is 10.5 Å². The number of nitrogens with one attached hydrogen (secondary N) is 2. The van der Waals surface area contributed by atoms with Gasteiger partial charge in [0.15, 0.2) is 0 Å². The van der Waals surface area contributed by atoms with E-state index in [2.05, 4.69) is 26.6 Å². The first-order chi connectivity index (χ1) is 11.5. The lowest BCUT2D eigenvalue weighted by atomic mass is 10.2. The average molecular weight is 391 g/mol. The fourth-order valence-corrected chi connectivity index (χ4v) is 2.49. The number of anilines is 1. The lowest BCUT2D eigenvalue weighted by Gasteiger charge is -2.15. The van der Waals surface area contributed by atoms with Crippen molar-refractivity contribution in [2.24, 2.45) is 0 Å². The van der Waals surface area contributed by atoms with Crippen molar-refractivity contribution in [3.8, 4) is 0 Å². The molecule has 0 aliphatic rings. The first kappa shape index (κ1) is 18.0. The molecule has 6 heteroatoms. The number of hydrogen-bond donors (Lipinski definition) is 2. The third-order valence-corrected chi connectivity index (χ3v) is 3.88. The molecular weight excluding hydrogens is 372 g/mol. The van der Waals surface area contributed by atoms with Crippen LogP contribution in [-0.2, 0) is 16.1 Å². The van der Waals surface area contributed by atoms with Gasteiger partial charge in [-0.3, -0.25) is 4.79 Å². The van der Waals surface area contributed by atoms with Crippen molar-refractivity contribution in [2.45, 2.75) is 26.5 Å². The fraction of sp³-hybridized carbons (Fsp3) is 0.222. The summed E-state index contributed by atoms with van der Waals surface area (Å²) in [6, 6.07) is 14.2. The lowest BCUT2D eigenvalue weighted by molar-refractivity contribution is -0.117. The highest BCUT2D eigenvalue weighted by Crippen LogP contribution is 2.20. The van der Waals surface area contributed by atoms with Crippen LogP contribution < -0.4 is 10.6 Å². The van der Waals surface area contributed by atoms with Crippen molar-refractivity contribution in [1.29, 1.82) is 0 Å². The minimum Gasteiger partial charge on any atom is -0.445 e. The van der Waals surface area contributed by atoms with E-state index in [9.17, 15) is 9.59 Å². The molecule has 0 saturated carbocycles. The van der Waals surface area contributed by atoms with Crippen LogP contribution in [-0.4, -0.2) is 18.0 Å². The van der Waals surface area contributed by atoms with Crippen molar-refractivity contribution in [2.75, 3.05) is 5.32 Å². The van der Waals surface area contributed by atoms with E-state index in [4.69, 9.17) is 4.74 Å². The molecule has 5 nitrogen and oxygen atoms in total. The normalized spacial score (nSPS) is 11.5. The van der Waals surface area contributed by atoms with Crippen LogP contribution in [0.1, 0.15) is 18.1 Å². The smallest absolute Gasteiger partial charge is 0.408 e. The summed E-state index contributed by atoms with van der Waals surface area (Å²) >= 11 is 3.37. The fourth-order valence-electron chi connectivity index (χ4n) is 2.02. The molecule has 2 N–H and O–H groups in total. The Bertz CT molecular complexity index is 719. The Labute approximate surface area is 149 Å². The first-order valence-corrected chi connectivity index (χ1v) is 8.29. The van der Waals surface area contributed by atoms with E-state index in [0.29, 0.717) is 5.69 Å². The summed E-state index contributed by atoms with van der Waals surface area (Å²) < 4.78 is 6.04. The standard InChI is InChI=1S/C18H19BrN2O3/c1-12-10-15(19)8-9-16(12)21-17(22)13(2)20-18(23)24-11-14-6-4-3-5-7-14/h3-10,13H,11H2,1-2H3,(H,20,23)(H,21,22)/t13-/m1/s1. The van der Waals surface area contributed by atoms with E-state index in [1.165, 1.54) is 0 Å². The Kier molecular flexibility index (Phi) is 6.37. The summed E-state index contributed by atoms with van der Waals surface area (Å²) in [5.41, 5.74) is 2.52. The quantitative estimate of drug-likeness (QED) is 0.810. The van der Waals surface area contributed by atoms with Crippen LogP contribution in [0.15, 0.2) is 53.0 Å². The first-order valence-electron chi connectivity index (χ1n) is 7.50. The highest BCUT2D eigenvalue weighted by atomic mass is 79.9. The highest BCUT2D eigenvalue weighted by molar-refractivity contribution is 9.10. The Morgan fingerprint density at radius 3 is 2.54 bits per heavy atom. The predicted molar refractivity (Wildman–Crippen MR) is 96.7 cm³/mol. The molecular formula is C18H19BrN2O3. The van der Waals surface area contributed by atoms with Gasteiger partial charge in [0.2, 0.25) is 5.91 Å². The zero-order valence-corrected chi connectivity index (χ0v) is 15.1. The zero-order chi connectivity index (χ0) is 17.5. The summed E-state index contributed by atoms with van der Waals surface area (Å²) in [5, 5.41) is 5.30. The van der Waals surface area contributed by atoms with Gasteiger partial charge in [-0.15, -0.1) is 0 Å². The number of aryl methyl sites for hydroxylation is 1. The molecule has 0 bridgehead atoms. The molecule has 2 amide bonds. The van der Waals surface area contributed by atoms with Crippen molar-refractivity contribution in [1.82, 2.24) is 5.32 Å². The van der Waals surface area contributed by atoms with E-state index in [0.717, 1.165) is 15.6 Å². The molecule has 0 heterocycles. The number of amides is 2. The maximum atomic E-state index is 12.2. The van der Waals surface area contributed by atoms with Crippen LogP contribution in [0.5, 0.6) is 0 Å². The molecule has 0 unspecified atom stereocenters. The summed E-state index contributed by atoms with van der Waals surface area (Å²) in [6.45, 7) is 3.66. The van der Waals surface area contributed by atoms with E-state index in [1.807, 2.05) is 49.4 Å². The summed E-state index contributed by atoms with van der Waals surface area (Å²) in [7, 11) is 0. The molecule has 0 fully saturated rings. The van der Waals surface area contributed by atoms with E-state index >= 15 is 0 Å². The Balaban J connectivity index is 1.83. The number of rotatable bonds is 5. The van der Waals surface area contributed by atoms with Gasteiger partial charge in [-0.2, -0.15) is 0 Å². The SMILES string of the molecule is Cc1cc(Br)ccc1NC(=O)[C@@H](C)NC(=O)OCc1ccccc1. The van der Waals surface area contributed by atoms with Gasteiger partial charge < -0.3 is 15.4 Å². The molecule has 0 aliphatic carbocycles. The molecule has 0 aromatic heterocycles. The van der Waals surface area contributed by atoms with Gasteiger partial charge in [-0.25, -0.2) is 4.79 Å². The van der Waals surface area contributed by atoms with Crippen molar-refractivity contribution < 1.29 is 14.3 Å². The number of benzene rings is 2. The second-order valence-electron chi connectivity index (χ2n) is 5.38. The predicted octanol–water partition coefficient (Wildman–Crippen LogP) is 4.01. The number of ether oxygens (including phenoxy) is 1. The van der Waals surface area contributed by atoms with Crippen molar-refractivity contribution >= 4 is 33.6 Å². The van der Waals surface area contributed by atoms with Gasteiger partial charge in [-0.05, 0) is 43.2 Å². The monoisotopic (exact) mass is 390 g/mol. The third-order valence-electron chi connectivity index (χ3n) is 3.39. The molecule has 2 aromatic carbocycles. The maximum Gasteiger partial charge on any atom is 0.408 e. The van der Waals surface area contributed by atoms with Gasteiger partial charge in [0.05, 0.1) is 0 Å². The minimum atomic E-state index is -0.712. The molecule has 2 rings (SSSR count). The number of halogens is 1. The Morgan fingerprint density at radius 1 is 1.17 bits per heavy atom. The molecule has 126 valence electrons. The topological polar surface area (TPSA) is 67.4 Å². The number of carbonyl (C=O) groups is 2. The lowest BCUT2D eigenvalue weighted by Crippen LogP contribution is -2.41. The molecule has 0 spiro atoms. The number of carbonyl (C=O) groups excluding carboxylic acids is 2. The molecule has 0 radical (unpaired) electrons. The minimum absolute atomic E-state index is 0.160. The zero-order valence-electron chi connectivity index (χ0n) is 13.5. The van der Waals surface area contributed by atoms with Crippen LogP contribution in [0.2, 0.25) is 0 Å². The number of hydrogen-bond acceptors (Lipinski definition) is 3. The van der Waals surface area contributed by atoms with Crippen molar-refractivity contribution in [3.63, 3.8) is 0 Å². The van der Waals surface area contributed by atoms with E-state index < -0.39 is 12.1 Å². The van der Waals surface area contributed by atoms with Crippen LogP contribution in [0.3, 0.4) is 0 Å². The Hall–Kier alpha value is -2.34. The summed E-state index contributed by atoms with van der Waals surface area (Å²) in [5.74, 6) is -0.308. The van der Waals surface area contributed by atoms with Crippen LogP contribution in [0, 0.1) is 6.92 Å². The highest BCUT2D eigenvalue weighted by Gasteiger charge is 2.17. The molecule has 24 heavy (non-hydrogen) atoms. The second kappa shape index (κ2) is 8.49. The average Bonchev–Trinajstić information content (AvgIpc) is 2.56. The third kappa shape index (κ3) is 5.38. The molecule has 1 atom stereocenters. The van der Waals surface area contributed by atoms with E-state index in [-0.39, 0.29) is 12.5 Å². The summed E-state index contributed by atoms with van der Waals surface area (Å²) in [4.78, 5) is 23.9. The second-order valence-corrected chi connectivity index (χ2v) is 6.29. The van der Waals surface area contributed by atoms with Crippen LogP contribution >= 0.6 is 15.9 Å².